The molecule has 0 rings (SSSR count). The monoisotopic (exact) mass is 845 g/mol. The van der Waals surface area contributed by atoms with Gasteiger partial charge in [-0.15, -0.1) is 0 Å². The van der Waals surface area contributed by atoms with E-state index in [-0.39, 0.29) is 31.1 Å². The summed E-state index contributed by atoms with van der Waals surface area (Å²) >= 11 is 0. The molecule has 0 spiro atoms. The van der Waals surface area contributed by atoms with E-state index in [1.807, 2.05) is 0 Å². The maximum absolute atomic E-state index is 12.8. The molecule has 0 aromatic rings. The Labute approximate surface area is 373 Å². The maximum Gasteiger partial charge on any atom is 0.306 e. The van der Waals surface area contributed by atoms with Crippen molar-refractivity contribution in [2.75, 3.05) is 13.2 Å². The largest absolute Gasteiger partial charge is 0.462 e. The molecular formula is C54H100O6. The van der Waals surface area contributed by atoms with Crippen LogP contribution in [-0.4, -0.2) is 37.2 Å². The van der Waals surface area contributed by atoms with Crippen LogP contribution in [0.2, 0.25) is 0 Å². The van der Waals surface area contributed by atoms with Gasteiger partial charge in [-0.1, -0.05) is 244 Å². The molecular weight excluding hydrogens is 745 g/mol. The highest BCUT2D eigenvalue weighted by Crippen LogP contribution is 2.16. The fraction of sp³-hybridized carbons (Fsp3) is 0.870. The molecule has 0 fully saturated rings. The molecule has 0 unspecified atom stereocenters. The predicted molar refractivity (Wildman–Crippen MR) is 256 cm³/mol. The van der Waals surface area contributed by atoms with E-state index in [1.54, 1.807) is 0 Å². The Morgan fingerprint density at radius 2 is 0.617 bits per heavy atom. The zero-order valence-corrected chi connectivity index (χ0v) is 40.2. The van der Waals surface area contributed by atoms with Crippen LogP contribution in [0, 0.1) is 0 Å². The molecule has 0 bridgehead atoms. The Hall–Kier alpha value is -2.11. The van der Waals surface area contributed by atoms with E-state index in [4.69, 9.17) is 14.2 Å². The predicted octanol–water partition coefficient (Wildman–Crippen LogP) is 17.2. The summed E-state index contributed by atoms with van der Waals surface area (Å²) in [4.78, 5) is 37.9. The van der Waals surface area contributed by atoms with E-state index >= 15 is 0 Å². The van der Waals surface area contributed by atoms with Crippen LogP contribution >= 0.6 is 0 Å². The Bertz CT molecular complexity index is 973. The molecule has 6 nitrogen and oxygen atoms in total. The molecule has 0 radical (unpaired) electrons. The number of carbonyl (C=O) groups is 3. The van der Waals surface area contributed by atoms with Crippen molar-refractivity contribution in [1.82, 2.24) is 0 Å². The van der Waals surface area contributed by atoms with Gasteiger partial charge in [-0.05, 0) is 44.9 Å². The van der Waals surface area contributed by atoms with E-state index in [1.165, 1.54) is 161 Å². The Kier molecular flexibility index (Phi) is 47.8. The van der Waals surface area contributed by atoms with Crippen LogP contribution in [0.25, 0.3) is 0 Å². The van der Waals surface area contributed by atoms with Crippen molar-refractivity contribution in [2.45, 2.75) is 290 Å². The molecule has 0 saturated heterocycles. The first kappa shape index (κ1) is 57.9. The third-order valence-corrected chi connectivity index (χ3v) is 11.7. The van der Waals surface area contributed by atoms with Crippen LogP contribution in [0.1, 0.15) is 284 Å². The molecule has 0 amide bonds. The van der Waals surface area contributed by atoms with Crippen LogP contribution < -0.4 is 0 Å². The van der Waals surface area contributed by atoms with Gasteiger partial charge in [0.25, 0.3) is 0 Å². The van der Waals surface area contributed by atoms with Crippen LogP contribution in [0.15, 0.2) is 24.3 Å². The topological polar surface area (TPSA) is 78.9 Å². The summed E-state index contributed by atoms with van der Waals surface area (Å²) < 4.78 is 16.8. The van der Waals surface area contributed by atoms with E-state index in [0.29, 0.717) is 19.3 Å². The number of carbonyl (C=O) groups excluding carboxylic acids is 3. The van der Waals surface area contributed by atoms with E-state index in [0.717, 1.165) is 83.5 Å². The zero-order valence-electron chi connectivity index (χ0n) is 40.2. The number of rotatable bonds is 48. The number of unbranched alkanes of at least 4 members (excludes halogenated alkanes) is 33. The minimum Gasteiger partial charge on any atom is -0.462 e. The normalized spacial score (nSPS) is 12.1. The van der Waals surface area contributed by atoms with Crippen molar-refractivity contribution in [2.24, 2.45) is 0 Å². The molecule has 0 aromatic heterocycles. The van der Waals surface area contributed by atoms with Crippen LogP contribution in [0.4, 0.5) is 0 Å². The first-order valence-corrected chi connectivity index (χ1v) is 26.3. The summed E-state index contributed by atoms with van der Waals surface area (Å²) in [6, 6.07) is 0. The molecule has 0 aliphatic carbocycles. The van der Waals surface area contributed by atoms with E-state index in [2.05, 4.69) is 45.1 Å². The maximum atomic E-state index is 12.8. The number of esters is 3. The fourth-order valence-corrected chi connectivity index (χ4v) is 7.70. The molecule has 0 aromatic carbocycles. The summed E-state index contributed by atoms with van der Waals surface area (Å²) in [6.07, 6.45) is 55.9. The van der Waals surface area contributed by atoms with Gasteiger partial charge >= 0.3 is 17.9 Å². The van der Waals surface area contributed by atoms with Gasteiger partial charge in [-0.2, -0.15) is 0 Å². The second-order valence-corrected chi connectivity index (χ2v) is 17.8. The molecule has 0 N–H and O–H groups in total. The highest BCUT2D eigenvalue weighted by Gasteiger charge is 2.19. The minimum absolute atomic E-state index is 0.0722. The van der Waals surface area contributed by atoms with Gasteiger partial charge in [0.05, 0.1) is 0 Å². The zero-order chi connectivity index (χ0) is 43.7. The van der Waals surface area contributed by atoms with Crippen molar-refractivity contribution in [1.29, 1.82) is 0 Å². The lowest BCUT2D eigenvalue weighted by Gasteiger charge is -2.18. The Balaban J connectivity index is 4.29. The standard InChI is InChI=1S/C54H100O6/c1-4-7-10-13-16-19-22-24-26-27-28-29-31-32-35-38-41-44-47-53(56)59-50-51(49-58-52(55)46-43-40-37-34-21-18-15-12-9-6-3)60-54(57)48-45-42-39-36-33-30-25-23-20-17-14-11-8-5-2/h14,17,23,25,51H,4-13,15-16,18-22,24,26-50H2,1-3H3/b17-14-,25-23-/t51-/m1/s1. The first-order chi connectivity index (χ1) is 29.5. The molecule has 0 aliphatic rings. The third-order valence-electron chi connectivity index (χ3n) is 11.7. The van der Waals surface area contributed by atoms with Gasteiger partial charge in [0.2, 0.25) is 0 Å². The summed E-state index contributed by atoms with van der Waals surface area (Å²) in [6.45, 7) is 6.61. The fourth-order valence-electron chi connectivity index (χ4n) is 7.70. The highest BCUT2D eigenvalue weighted by atomic mass is 16.6. The molecule has 60 heavy (non-hydrogen) atoms. The summed E-state index contributed by atoms with van der Waals surface area (Å²) in [5.74, 6) is -0.873. The second kappa shape index (κ2) is 49.5. The molecule has 0 saturated carbocycles. The van der Waals surface area contributed by atoms with Gasteiger partial charge in [-0.3, -0.25) is 14.4 Å². The lowest BCUT2D eigenvalue weighted by atomic mass is 10.0. The lowest BCUT2D eigenvalue weighted by molar-refractivity contribution is -0.167. The quantitative estimate of drug-likeness (QED) is 0.0263. The van der Waals surface area contributed by atoms with Crippen molar-refractivity contribution < 1.29 is 28.6 Å². The average Bonchev–Trinajstić information content (AvgIpc) is 3.24. The van der Waals surface area contributed by atoms with Gasteiger partial charge in [0.1, 0.15) is 13.2 Å². The summed E-state index contributed by atoms with van der Waals surface area (Å²) in [5.41, 5.74) is 0. The molecule has 352 valence electrons. The van der Waals surface area contributed by atoms with Gasteiger partial charge < -0.3 is 14.2 Å². The smallest absolute Gasteiger partial charge is 0.306 e. The molecule has 1 atom stereocenters. The number of allylic oxidation sites excluding steroid dienone is 4. The Morgan fingerprint density at radius 3 is 0.967 bits per heavy atom. The van der Waals surface area contributed by atoms with Gasteiger partial charge in [0, 0.05) is 19.3 Å². The van der Waals surface area contributed by atoms with Crippen molar-refractivity contribution in [3.63, 3.8) is 0 Å². The SMILES string of the molecule is CCCC/C=C\C/C=C\CCCCCCCC(=O)O[C@H](COC(=O)CCCCCCCCCCCC)COC(=O)CCCCCCCCCCCCCCCCCCCC. The lowest BCUT2D eigenvalue weighted by Crippen LogP contribution is -2.30. The average molecular weight is 845 g/mol. The summed E-state index contributed by atoms with van der Waals surface area (Å²) in [5, 5.41) is 0. The number of hydrogen-bond acceptors (Lipinski definition) is 6. The van der Waals surface area contributed by atoms with Crippen LogP contribution in [0.5, 0.6) is 0 Å². The highest BCUT2D eigenvalue weighted by molar-refractivity contribution is 5.71. The number of hydrogen-bond donors (Lipinski definition) is 0. The van der Waals surface area contributed by atoms with E-state index in [9.17, 15) is 14.4 Å². The second-order valence-electron chi connectivity index (χ2n) is 17.8. The third kappa shape index (κ3) is 46.9. The molecule has 0 heterocycles. The van der Waals surface area contributed by atoms with Crippen molar-refractivity contribution in [3.05, 3.63) is 24.3 Å². The van der Waals surface area contributed by atoms with E-state index < -0.39 is 6.10 Å². The van der Waals surface area contributed by atoms with Crippen molar-refractivity contribution >= 4 is 17.9 Å². The minimum atomic E-state index is -0.772. The molecule has 6 heteroatoms. The number of ether oxygens (including phenoxy) is 3. The van der Waals surface area contributed by atoms with Gasteiger partial charge in [-0.25, -0.2) is 0 Å². The molecule has 0 aliphatic heterocycles. The van der Waals surface area contributed by atoms with Crippen LogP contribution in [-0.2, 0) is 28.6 Å². The summed E-state index contributed by atoms with van der Waals surface area (Å²) in [7, 11) is 0. The van der Waals surface area contributed by atoms with Gasteiger partial charge in [0.15, 0.2) is 6.10 Å². The van der Waals surface area contributed by atoms with Crippen molar-refractivity contribution in [3.8, 4) is 0 Å². The van der Waals surface area contributed by atoms with Crippen LogP contribution in [0.3, 0.4) is 0 Å². The Morgan fingerprint density at radius 1 is 0.333 bits per heavy atom. The first-order valence-electron chi connectivity index (χ1n) is 26.3.